The van der Waals surface area contributed by atoms with E-state index in [0.29, 0.717) is 24.9 Å². The predicted molar refractivity (Wildman–Crippen MR) is 77.2 cm³/mol. The van der Waals surface area contributed by atoms with Gasteiger partial charge in [-0.25, -0.2) is 0 Å². The van der Waals surface area contributed by atoms with E-state index >= 15 is 0 Å². The standard InChI is InChI=1S/C15H27N3O/c1-12(2)10-16-11-15(19)9-13-7-8-18(17-13)14-5-3-4-6-14/h7-8,12,14-16,19H,3-6,9-11H2,1-2H3. The van der Waals surface area contributed by atoms with Crippen LogP contribution in [0.3, 0.4) is 0 Å². The molecular formula is C15H27N3O. The highest BCUT2D eigenvalue weighted by Gasteiger charge is 2.18. The number of nitrogens with zero attached hydrogens (tertiary/aromatic N) is 2. The van der Waals surface area contributed by atoms with Gasteiger partial charge in [0.2, 0.25) is 0 Å². The molecule has 0 amide bonds. The van der Waals surface area contributed by atoms with E-state index < -0.39 is 0 Å². The van der Waals surface area contributed by atoms with Crippen molar-refractivity contribution in [1.29, 1.82) is 0 Å². The second kappa shape index (κ2) is 7.06. The van der Waals surface area contributed by atoms with Crippen LogP contribution in [0.1, 0.15) is 51.3 Å². The van der Waals surface area contributed by atoms with Crippen molar-refractivity contribution in [2.24, 2.45) is 5.92 Å². The lowest BCUT2D eigenvalue weighted by atomic mass is 10.2. The highest BCUT2D eigenvalue weighted by atomic mass is 16.3. The first-order valence-electron chi connectivity index (χ1n) is 7.58. The highest BCUT2D eigenvalue weighted by molar-refractivity contribution is 5.02. The van der Waals surface area contributed by atoms with E-state index in [9.17, 15) is 5.11 Å². The van der Waals surface area contributed by atoms with Crippen molar-refractivity contribution in [3.8, 4) is 0 Å². The average Bonchev–Trinajstić information content (AvgIpc) is 2.97. The van der Waals surface area contributed by atoms with Crippen molar-refractivity contribution < 1.29 is 5.11 Å². The Labute approximate surface area is 116 Å². The van der Waals surface area contributed by atoms with Crippen LogP contribution in [0.4, 0.5) is 0 Å². The molecule has 1 aliphatic carbocycles. The lowest BCUT2D eigenvalue weighted by Gasteiger charge is -2.12. The van der Waals surface area contributed by atoms with Crippen LogP contribution in [0.15, 0.2) is 12.3 Å². The Hall–Kier alpha value is -0.870. The molecule has 1 aromatic heterocycles. The molecule has 0 aromatic carbocycles. The zero-order valence-corrected chi connectivity index (χ0v) is 12.2. The lowest BCUT2D eigenvalue weighted by Crippen LogP contribution is -2.31. The van der Waals surface area contributed by atoms with Gasteiger partial charge in [-0.15, -0.1) is 0 Å². The van der Waals surface area contributed by atoms with Crippen LogP contribution >= 0.6 is 0 Å². The van der Waals surface area contributed by atoms with Crippen LogP contribution in [-0.4, -0.2) is 34.1 Å². The summed E-state index contributed by atoms with van der Waals surface area (Å²) in [4.78, 5) is 0. The Morgan fingerprint density at radius 3 is 2.79 bits per heavy atom. The SMILES string of the molecule is CC(C)CNCC(O)Cc1ccn(C2CCCC2)n1. The third-order valence-corrected chi connectivity index (χ3v) is 3.74. The van der Waals surface area contributed by atoms with Gasteiger partial charge >= 0.3 is 0 Å². The largest absolute Gasteiger partial charge is 0.391 e. The first-order valence-corrected chi connectivity index (χ1v) is 7.58. The van der Waals surface area contributed by atoms with Crippen molar-refractivity contribution in [3.63, 3.8) is 0 Å². The lowest BCUT2D eigenvalue weighted by molar-refractivity contribution is 0.169. The molecule has 0 radical (unpaired) electrons. The Morgan fingerprint density at radius 2 is 2.11 bits per heavy atom. The molecule has 2 N–H and O–H groups in total. The van der Waals surface area contributed by atoms with Crippen molar-refractivity contribution in [2.45, 2.75) is 58.1 Å². The second-order valence-corrected chi connectivity index (χ2v) is 6.14. The smallest absolute Gasteiger partial charge is 0.0720 e. The molecular weight excluding hydrogens is 238 g/mol. The quantitative estimate of drug-likeness (QED) is 0.794. The van der Waals surface area contributed by atoms with Crippen LogP contribution in [0, 0.1) is 5.92 Å². The molecule has 2 rings (SSSR count). The molecule has 4 nitrogen and oxygen atoms in total. The summed E-state index contributed by atoms with van der Waals surface area (Å²) in [7, 11) is 0. The third-order valence-electron chi connectivity index (χ3n) is 3.74. The van der Waals surface area contributed by atoms with Gasteiger partial charge in [0, 0.05) is 19.2 Å². The second-order valence-electron chi connectivity index (χ2n) is 6.14. The number of nitrogens with one attached hydrogen (secondary N) is 1. The molecule has 1 aromatic rings. The third kappa shape index (κ3) is 4.62. The normalized spacial score (nSPS) is 18.3. The summed E-state index contributed by atoms with van der Waals surface area (Å²) in [5.41, 5.74) is 1.01. The van der Waals surface area contributed by atoms with E-state index in [4.69, 9.17) is 0 Å². The molecule has 108 valence electrons. The highest BCUT2D eigenvalue weighted by Crippen LogP contribution is 2.28. The molecule has 0 aliphatic heterocycles. The van der Waals surface area contributed by atoms with E-state index in [2.05, 4.69) is 35.1 Å². The molecule has 19 heavy (non-hydrogen) atoms. The first kappa shape index (κ1) is 14.5. The molecule has 1 fully saturated rings. The minimum Gasteiger partial charge on any atom is -0.391 e. The molecule has 0 spiro atoms. The van der Waals surface area contributed by atoms with Gasteiger partial charge in [-0.3, -0.25) is 4.68 Å². The summed E-state index contributed by atoms with van der Waals surface area (Å²) >= 11 is 0. The molecule has 4 heteroatoms. The van der Waals surface area contributed by atoms with Gasteiger partial charge in [0.25, 0.3) is 0 Å². The molecule has 1 aliphatic rings. The molecule has 1 saturated carbocycles. The topological polar surface area (TPSA) is 50.1 Å². The predicted octanol–water partition coefficient (Wildman–Crippen LogP) is 2.15. The van der Waals surface area contributed by atoms with Crippen LogP contribution in [0.5, 0.6) is 0 Å². The molecule has 0 bridgehead atoms. The Kier molecular flexibility index (Phi) is 5.40. The maximum atomic E-state index is 9.98. The van der Waals surface area contributed by atoms with Gasteiger partial charge in [-0.2, -0.15) is 5.10 Å². The summed E-state index contributed by atoms with van der Waals surface area (Å²) in [5.74, 6) is 0.619. The fourth-order valence-corrected chi connectivity index (χ4v) is 2.71. The van der Waals surface area contributed by atoms with E-state index in [1.54, 1.807) is 0 Å². The first-order chi connectivity index (χ1) is 9.15. The number of aliphatic hydroxyl groups excluding tert-OH is 1. The minimum atomic E-state index is -0.342. The molecule has 1 atom stereocenters. The van der Waals surface area contributed by atoms with Crippen LogP contribution < -0.4 is 5.32 Å². The fourth-order valence-electron chi connectivity index (χ4n) is 2.71. The Morgan fingerprint density at radius 1 is 1.37 bits per heavy atom. The van der Waals surface area contributed by atoms with E-state index in [-0.39, 0.29) is 6.10 Å². The molecule has 0 saturated heterocycles. The monoisotopic (exact) mass is 265 g/mol. The van der Waals surface area contributed by atoms with Crippen LogP contribution in [-0.2, 0) is 6.42 Å². The van der Waals surface area contributed by atoms with Crippen molar-refractivity contribution >= 4 is 0 Å². The number of hydrogen-bond donors (Lipinski definition) is 2. The number of aliphatic hydroxyl groups is 1. The summed E-state index contributed by atoms with van der Waals surface area (Å²) in [6, 6.07) is 2.63. The van der Waals surface area contributed by atoms with E-state index in [0.717, 1.165) is 12.2 Å². The summed E-state index contributed by atoms with van der Waals surface area (Å²) < 4.78 is 2.09. The zero-order valence-electron chi connectivity index (χ0n) is 12.2. The molecule has 1 unspecified atom stereocenters. The van der Waals surface area contributed by atoms with Gasteiger partial charge in [-0.05, 0) is 31.4 Å². The van der Waals surface area contributed by atoms with E-state index in [1.807, 2.05) is 6.07 Å². The van der Waals surface area contributed by atoms with Gasteiger partial charge in [0.05, 0.1) is 17.8 Å². The van der Waals surface area contributed by atoms with Crippen LogP contribution in [0.25, 0.3) is 0 Å². The van der Waals surface area contributed by atoms with Crippen LogP contribution in [0.2, 0.25) is 0 Å². The van der Waals surface area contributed by atoms with Gasteiger partial charge in [-0.1, -0.05) is 26.7 Å². The van der Waals surface area contributed by atoms with Gasteiger partial charge < -0.3 is 10.4 Å². The number of rotatable bonds is 7. The Bertz CT molecular complexity index is 369. The Balaban J connectivity index is 1.75. The summed E-state index contributed by atoms with van der Waals surface area (Å²) in [6.07, 6.45) is 7.51. The molecule has 1 heterocycles. The van der Waals surface area contributed by atoms with Crippen molar-refractivity contribution in [2.75, 3.05) is 13.1 Å². The van der Waals surface area contributed by atoms with Crippen molar-refractivity contribution in [1.82, 2.24) is 15.1 Å². The minimum absolute atomic E-state index is 0.342. The number of hydrogen-bond acceptors (Lipinski definition) is 3. The zero-order chi connectivity index (χ0) is 13.7. The van der Waals surface area contributed by atoms with E-state index in [1.165, 1.54) is 25.7 Å². The maximum absolute atomic E-state index is 9.98. The average molecular weight is 265 g/mol. The summed E-state index contributed by atoms with van der Waals surface area (Å²) in [6.45, 7) is 5.94. The number of aromatic nitrogens is 2. The van der Waals surface area contributed by atoms with Crippen molar-refractivity contribution in [3.05, 3.63) is 18.0 Å². The van der Waals surface area contributed by atoms with Gasteiger partial charge in [0.15, 0.2) is 0 Å². The fraction of sp³-hybridized carbons (Fsp3) is 0.800. The summed E-state index contributed by atoms with van der Waals surface area (Å²) in [5, 5.41) is 17.9. The maximum Gasteiger partial charge on any atom is 0.0720 e. The van der Waals surface area contributed by atoms with Gasteiger partial charge in [0.1, 0.15) is 0 Å².